The van der Waals surface area contributed by atoms with E-state index in [1.54, 1.807) is 0 Å². The fourth-order valence-corrected chi connectivity index (χ4v) is 1.45. The van der Waals surface area contributed by atoms with Gasteiger partial charge in [-0.25, -0.2) is 0 Å². The fraction of sp³-hybridized carbons (Fsp3) is 0.375. The van der Waals surface area contributed by atoms with E-state index in [0.717, 1.165) is 12.2 Å². The zero-order valence-corrected chi connectivity index (χ0v) is 7.64. The number of halogens is 3. The lowest BCUT2D eigenvalue weighted by Gasteiger charge is -2.29. The summed E-state index contributed by atoms with van der Waals surface area (Å²) in [4.78, 5) is 19.6. The van der Waals surface area contributed by atoms with Gasteiger partial charge in [0.25, 0.3) is 0 Å². The molecule has 0 amide bonds. The average Bonchev–Trinajstić information content (AvgIpc) is 2.15. The molecule has 0 aromatic rings. The lowest BCUT2D eigenvalue weighted by molar-refractivity contribution is -0.603. The van der Waals surface area contributed by atoms with Crippen LogP contribution in [0.3, 0.4) is 0 Å². The molecule has 0 heterocycles. The summed E-state index contributed by atoms with van der Waals surface area (Å²) in [5.74, 6) is -4.15. The van der Waals surface area contributed by atoms with Crippen LogP contribution in [0.2, 0.25) is 0 Å². The highest BCUT2D eigenvalue weighted by atomic mass is 19.4. The lowest BCUT2D eigenvalue weighted by atomic mass is 9.80. The second-order valence-corrected chi connectivity index (χ2v) is 3.14. The van der Waals surface area contributed by atoms with Crippen LogP contribution < -0.4 is 0 Å². The predicted octanol–water partition coefficient (Wildman–Crippen LogP) is 1.39. The van der Waals surface area contributed by atoms with Crippen molar-refractivity contribution in [1.29, 1.82) is 0 Å². The molecule has 0 radical (unpaired) electrons. The van der Waals surface area contributed by atoms with E-state index in [9.17, 15) is 28.1 Å². The van der Waals surface area contributed by atoms with Gasteiger partial charge in [0.15, 0.2) is 5.92 Å². The number of alkyl halides is 3. The Bertz CT molecular complexity index is 387. The highest BCUT2D eigenvalue weighted by Crippen LogP contribution is 2.42. The zero-order valence-electron chi connectivity index (χ0n) is 7.64. The van der Waals surface area contributed by atoms with Gasteiger partial charge in [0.2, 0.25) is 0 Å². The summed E-state index contributed by atoms with van der Waals surface area (Å²) in [5.41, 5.74) is -3.59. The second-order valence-electron chi connectivity index (χ2n) is 3.14. The van der Waals surface area contributed by atoms with E-state index in [4.69, 9.17) is 5.11 Å². The van der Waals surface area contributed by atoms with E-state index in [-0.39, 0.29) is 6.08 Å². The van der Waals surface area contributed by atoms with Gasteiger partial charge in [-0.05, 0) is 0 Å². The number of carbonyl (C=O) groups is 1. The number of rotatable bonds is 2. The monoisotopic (exact) mass is 237 g/mol. The van der Waals surface area contributed by atoms with Gasteiger partial charge in [0, 0.05) is 11.0 Å². The third-order valence-corrected chi connectivity index (χ3v) is 2.26. The summed E-state index contributed by atoms with van der Waals surface area (Å²) in [6.07, 6.45) is -2.52. The molecule has 0 aliphatic heterocycles. The second kappa shape index (κ2) is 3.62. The van der Waals surface area contributed by atoms with Gasteiger partial charge in [-0.3, -0.25) is 14.9 Å². The number of allylic oxidation sites excluding steroid dienone is 2. The Morgan fingerprint density at radius 1 is 1.44 bits per heavy atom. The smallest absolute Gasteiger partial charge is 0.465 e. The van der Waals surface area contributed by atoms with Crippen molar-refractivity contribution >= 4 is 5.97 Å². The first-order valence-electron chi connectivity index (χ1n) is 4.03. The topological polar surface area (TPSA) is 80.4 Å². The van der Waals surface area contributed by atoms with E-state index in [2.05, 4.69) is 0 Å². The normalized spacial score (nSPS) is 29.1. The van der Waals surface area contributed by atoms with Crippen molar-refractivity contribution in [3.05, 3.63) is 34.4 Å². The molecule has 1 rings (SSSR count). The molecule has 0 saturated carbocycles. The quantitative estimate of drug-likeness (QED) is 0.581. The first-order valence-corrected chi connectivity index (χ1v) is 4.03. The van der Waals surface area contributed by atoms with Crippen molar-refractivity contribution in [2.45, 2.75) is 11.7 Å². The van der Waals surface area contributed by atoms with Crippen molar-refractivity contribution < 1.29 is 28.0 Å². The van der Waals surface area contributed by atoms with Crippen LogP contribution in [0.5, 0.6) is 0 Å². The maximum Gasteiger partial charge on any atom is 0.465 e. The maximum atomic E-state index is 12.7. The molecule has 0 bridgehead atoms. The Kier molecular flexibility index (Phi) is 2.76. The molecule has 0 spiro atoms. The summed E-state index contributed by atoms with van der Waals surface area (Å²) in [5, 5.41) is 19.2. The molecule has 0 aromatic heterocycles. The molecule has 0 saturated heterocycles. The van der Waals surface area contributed by atoms with E-state index in [1.165, 1.54) is 0 Å². The number of carboxylic acid groups (broad SMARTS) is 1. The van der Waals surface area contributed by atoms with Crippen LogP contribution in [0.4, 0.5) is 13.2 Å². The zero-order chi connectivity index (χ0) is 12.6. The third kappa shape index (κ3) is 1.55. The van der Waals surface area contributed by atoms with Crippen molar-refractivity contribution in [1.82, 2.24) is 0 Å². The molecule has 0 fully saturated rings. The highest BCUT2D eigenvalue weighted by molar-refractivity contribution is 5.75. The van der Waals surface area contributed by atoms with E-state index in [0.29, 0.717) is 6.08 Å². The maximum absolute atomic E-state index is 12.7. The van der Waals surface area contributed by atoms with Crippen LogP contribution in [0.15, 0.2) is 24.3 Å². The fourth-order valence-electron chi connectivity index (χ4n) is 1.45. The predicted molar refractivity (Wildman–Crippen MR) is 45.2 cm³/mol. The van der Waals surface area contributed by atoms with E-state index < -0.39 is 28.5 Å². The number of nitro groups is 1. The molecular weight excluding hydrogens is 231 g/mol. The molecule has 16 heavy (non-hydrogen) atoms. The summed E-state index contributed by atoms with van der Waals surface area (Å²) >= 11 is 0. The molecule has 0 aromatic carbocycles. The minimum absolute atomic E-state index is 0.256. The van der Waals surface area contributed by atoms with Crippen LogP contribution in [-0.4, -0.2) is 27.7 Å². The van der Waals surface area contributed by atoms with Gasteiger partial charge in [0.05, 0.1) is 0 Å². The Labute approximate surface area is 87.0 Å². The van der Waals surface area contributed by atoms with Gasteiger partial charge in [-0.2, -0.15) is 13.2 Å². The van der Waals surface area contributed by atoms with Crippen molar-refractivity contribution in [3.8, 4) is 0 Å². The standard InChI is InChI=1S/C8H6F3NO4/c9-8(10,11)7(12(15)16)4-2-1-3-5(7)6(13)14/h1-5H,(H,13,14). The van der Waals surface area contributed by atoms with Crippen molar-refractivity contribution in [3.63, 3.8) is 0 Å². The number of hydrogen-bond acceptors (Lipinski definition) is 3. The third-order valence-electron chi connectivity index (χ3n) is 2.26. The number of nitrogens with zero attached hydrogens (tertiary/aromatic N) is 1. The van der Waals surface area contributed by atoms with Crippen LogP contribution in [0.25, 0.3) is 0 Å². The first kappa shape index (κ1) is 12.2. The summed E-state index contributed by atoms with van der Waals surface area (Å²) in [6, 6.07) is 0. The van der Waals surface area contributed by atoms with Gasteiger partial charge in [-0.1, -0.05) is 18.2 Å². The Morgan fingerprint density at radius 3 is 2.31 bits per heavy atom. The molecule has 2 atom stereocenters. The Balaban J connectivity index is 3.39. The van der Waals surface area contributed by atoms with Crippen molar-refractivity contribution in [2.75, 3.05) is 0 Å². The minimum atomic E-state index is -5.28. The Hall–Kier alpha value is -1.86. The van der Waals surface area contributed by atoms with Crippen molar-refractivity contribution in [2.24, 2.45) is 5.92 Å². The van der Waals surface area contributed by atoms with Crippen LogP contribution in [-0.2, 0) is 4.79 Å². The average molecular weight is 237 g/mol. The highest BCUT2D eigenvalue weighted by Gasteiger charge is 2.70. The summed E-state index contributed by atoms with van der Waals surface area (Å²) in [6.45, 7) is 0. The lowest BCUT2D eigenvalue weighted by Crippen LogP contribution is -2.58. The molecular formula is C8H6F3NO4. The van der Waals surface area contributed by atoms with Gasteiger partial charge < -0.3 is 5.11 Å². The number of hydrogen-bond donors (Lipinski definition) is 1. The molecule has 1 N–H and O–H groups in total. The largest absolute Gasteiger partial charge is 0.481 e. The summed E-state index contributed by atoms with van der Waals surface area (Å²) in [7, 11) is 0. The van der Waals surface area contributed by atoms with Crippen LogP contribution in [0.1, 0.15) is 0 Å². The first-order chi connectivity index (χ1) is 7.23. The van der Waals surface area contributed by atoms with E-state index >= 15 is 0 Å². The molecule has 1 aliphatic rings. The van der Waals surface area contributed by atoms with E-state index in [1.807, 2.05) is 0 Å². The van der Waals surface area contributed by atoms with Gasteiger partial charge >= 0.3 is 17.7 Å². The molecule has 8 heteroatoms. The summed E-state index contributed by atoms with van der Waals surface area (Å²) < 4.78 is 38.0. The van der Waals surface area contributed by atoms with Gasteiger partial charge in [-0.15, -0.1) is 0 Å². The van der Waals surface area contributed by atoms with Crippen LogP contribution in [0, 0.1) is 16.0 Å². The number of aliphatic carboxylic acids is 1. The molecule has 1 aliphatic carbocycles. The van der Waals surface area contributed by atoms with Crippen LogP contribution >= 0.6 is 0 Å². The Morgan fingerprint density at radius 2 is 2.00 bits per heavy atom. The molecule has 5 nitrogen and oxygen atoms in total. The molecule has 2 unspecified atom stereocenters. The SMILES string of the molecule is O=C(O)C1C=CC=CC1([N+](=O)[O-])C(F)(F)F. The minimum Gasteiger partial charge on any atom is -0.481 e. The molecule has 88 valence electrons. The van der Waals surface area contributed by atoms with Gasteiger partial charge in [0.1, 0.15) is 0 Å². The number of carboxylic acids is 1.